The fraction of sp³-hybridized carbons (Fsp3) is 0.417. The molecular formula is C24H26F3N7O4S. The van der Waals surface area contributed by atoms with Crippen LogP contribution in [0, 0.1) is 11.3 Å². The summed E-state index contributed by atoms with van der Waals surface area (Å²) < 4.78 is 57.2. The molecule has 2 aromatic heterocycles. The summed E-state index contributed by atoms with van der Waals surface area (Å²) in [5.74, 6) is 0.234. The zero-order chi connectivity index (χ0) is 28.4. The molecule has 3 heterocycles. The van der Waals surface area contributed by atoms with Gasteiger partial charge in [-0.1, -0.05) is 0 Å². The van der Waals surface area contributed by atoms with Gasteiger partial charge in [-0.2, -0.15) is 23.5 Å². The third-order valence-corrected chi connectivity index (χ3v) is 7.76. The van der Waals surface area contributed by atoms with Gasteiger partial charge in [0.1, 0.15) is 5.39 Å². The lowest BCUT2D eigenvalue weighted by Crippen LogP contribution is -2.48. The molecule has 1 aliphatic rings. The molecule has 15 heteroatoms. The largest absolute Gasteiger partial charge is 0.593 e. The van der Waals surface area contributed by atoms with Crippen LogP contribution in [0.4, 0.5) is 29.5 Å². The summed E-state index contributed by atoms with van der Waals surface area (Å²) in [6.45, 7) is -1.61. The summed E-state index contributed by atoms with van der Waals surface area (Å²) in [7, 11) is 3.39. The third-order valence-electron chi connectivity index (χ3n) is 6.42. The van der Waals surface area contributed by atoms with E-state index in [0.717, 1.165) is 4.90 Å². The number of carbonyl (C=O) groups is 1. The van der Waals surface area contributed by atoms with Gasteiger partial charge in [0.25, 0.3) is 5.56 Å². The predicted octanol–water partition coefficient (Wildman–Crippen LogP) is 3.46. The molecular weight excluding hydrogens is 539 g/mol. The van der Waals surface area contributed by atoms with E-state index in [9.17, 15) is 32.6 Å². The number of ether oxygens (including phenoxy) is 1. The van der Waals surface area contributed by atoms with E-state index in [1.54, 1.807) is 53.4 Å². The summed E-state index contributed by atoms with van der Waals surface area (Å²) in [5.41, 5.74) is -0.295. The van der Waals surface area contributed by atoms with E-state index in [4.69, 9.17) is 0 Å². The number of halogens is 3. The first-order valence-corrected chi connectivity index (χ1v) is 13.0. The molecule has 1 atom stereocenters. The van der Waals surface area contributed by atoms with Gasteiger partial charge in [0.2, 0.25) is 0 Å². The van der Waals surface area contributed by atoms with Crippen LogP contribution in [0.25, 0.3) is 10.9 Å². The van der Waals surface area contributed by atoms with Gasteiger partial charge in [-0.15, -0.1) is 4.31 Å². The molecule has 1 aromatic carbocycles. The van der Waals surface area contributed by atoms with Gasteiger partial charge in [-0.25, -0.2) is 4.79 Å². The van der Waals surface area contributed by atoms with Crippen molar-refractivity contribution in [2.24, 2.45) is 0 Å². The second-order valence-corrected chi connectivity index (χ2v) is 11.0. The first kappa shape index (κ1) is 28.3. The molecule has 1 unspecified atom stereocenters. The fourth-order valence-corrected chi connectivity index (χ4v) is 5.27. The first-order chi connectivity index (χ1) is 18.4. The molecule has 1 saturated heterocycles. The Morgan fingerprint density at radius 2 is 1.95 bits per heavy atom. The van der Waals surface area contributed by atoms with E-state index in [1.165, 1.54) is 6.20 Å². The summed E-state index contributed by atoms with van der Waals surface area (Å²) in [6, 6.07) is 10.6. The molecule has 11 nitrogen and oxygen atoms in total. The number of alkyl halides is 3. The van der Waals surface area contributed by atoms with Crippen LogP contribution in [0.3, 0.4) is 0 Å². The SMILES string of the molecule is CN(C)[S+]([O-])c1ccc(Nc2nn(C3(CC#N)CCN(C(=O)OCC(F)(F)F)CC3)c3cc[nH]c(=O)c23)cc1. The van der Waals surface area contributed by atoms with Crippen molar-refractivity contribution < 1.29 is 27.3 Å². The number of piperidine rings is 1. The van der Waals surface area contributed by atoms with E-state index < -0.39 is 41.3 Å². The Morgan fingerprint density at radius 3 is 2.54 bits per heavy atom. The van der Waals surface area contributed by atoms with E-state index in [-0.39, 0.29) is 43.6 Å². The highest BCUT2D eigenvalue weighted by atomic mass is 32.2. The molecule has 208 valence electrons. The number of H-pyrrole nitrogens is 1. The van der Waals surface area contributed by atoms with Gasteiger partial charge in [0.05, 0.1) is 34.9 Å². The summed E-state index contributed by atoms with van der Waals surface area (Å²) in [6.07, 6.45) is -3.86. The van der Waals surface area contributed by atoms with Crippen molar-refractivity contribution in [1.29, 1.82) is 5.26 Å². The quantitative estimate of drug-likeness (QED) is 0.415. The predicted molar refractivity (Wildman–Crippen MR) is 137 cm³/mol. The number of pyridine rings is 1. The van der Waals surface area contributed by atoms with E-state index in [1.807, 2.05) is 0 Å². The Bertz CT molecular complexity index is 1420. The van der Waals surface area contributed by atoms with Crippen LogP contribution in [0.5, 0.6) is 0 Å². The number of nitriles is 1. The molecule has 1 aliphatic heterocycles. The van der Waals surface area contributed by atoms with Crippen LogP contribution in [0.15, 0.2) is 46.2 Å². The number of hydrogen-bond donors (Lipinski definition) is 2. The minimum Gasteiger partial charge on any atom is -0.593 e. The lowest BCUT2D eigenvalue weighted by Gasteiger charge is -2.40. The number of nitrogens with zero attached hydrogens (tertiary/aromatic N) is 5. The molecule has 2 N–H and O–H groups in total. The Balaban J connectivity index is 1.63. The number of benzene rings is 1. The van der Waals surface area contributed by atoms with Gasteiger partial charge in [0.15, 0.2) is 17.3 Å². The normalized spacial score (nSPS) is 16.2. The molecule has 0 spiro atoms. The maximum absolute atomic E-state index is 12.8. The average Bonchev–Trinajstić information content (AvgIpc) is 3.27. The van der Waals surface area contributed by atoms with Crippen molar-refractivity contribution in [1.82, 2.24) is 24.0 Å². The van der Waals surface area contributed by atoms with Gasteiger partial charge >= 0.3 is 12.3 Å². The Kier molecular flexibility index (Phi) is 8.09. The summed E-state index contributed by atoms with van der Waals surface area (Å²) in [4.78, 5) is 29.4. The van der Waals surface area contributed by atoms with Crippen LogP contribution in [0.1, 0.15) is 19.3 Å². The Labute approximate surface area is 224 Å². The molecule has 1 amide bonds. The number of nitrogens with one attached hydrogen (secondary N) is 2. The topological polar surface area (TPSA) is 142 Å². The van der Waals surface area contributed by atoms with Crippen molar-refractivity contribution in [3.63, 3.8) is 0 Å². The number of aromatic amines is 1. The van der Waals surface area contributed by atoms with Crippen LogP contribution in [-0.2, 0) is 21.6 Å². The third kappa shape index (κ3) is 6.13. The molecule has 3 aromatic rings. The van der Waals surface area contributed by atoms with Crippen molar-refractivity contribution in [2.75, 3.05) is 39.1 Å². The second kappa shape index (κ2) is 11.2. The average molecular weight is 566 g/mol. The minimum absolute atomic E-state index is 0.00744. The zero-order valence-corrected chi connectivity index (χ0v) is 21.9. The highest BCUT2D eigenvalue weighted by molar-refractivity contribution is 7.89. The molecule has 0 saturated carbocycles. The summed E-state index contributed by atoms with van der Waals surface area (Å²) in [5, 5.41) is 17.7. The first-order valence-electron chi connectivity index (χ1n) is 11.9. The minimum atomic E-state index is -4.63. The Morgan fingerprint density at radius 1 is 1.28 bits per heavy atom. The highest BCUT2D eigenvalue weighted by Crippen LogP contribution is 2.37. The fourth-order valence-electron chi connectivity index (χ4n) is 4.48. The van der Waals surface area contributed by atoms with Gasteiger partial charge < -0.3 is 24.5 Å². The highest BCUT2D eigenvalue weighted by Gasteiger charge is 2.41. The maximum atomic E-state index is 12.8. The van der Waals surface area contributed by atoms with Gasteiger partial charge in [-0.3, -0.25) is 9.48 Å². The molecule has 1 fully saturated rings. The van der Waals surface area contributed by atoms with Crippen molar-refractivity contribution >= 4 is 39.9 Å². The van der Waals surface area contributed by atoms with Crippen molar-refractivity contribution in [3.05, 3.63) is 46.9 Å². The lowest BCUT2D eigenvalue weighted by molar-refractivity contribution is -0.162. The van der Waals surface area contributed by atoms with Gasteiger partial charge in [0, 0.05) is 39.1 Å². The van der Waals surface area contributed by atoms with Gasteiger partial charge in [-0.05, 0) is 43.2 Å². The van der Waals surface area contributed by atoms with E-state index >= 15 is 0 Å². The zero-order valence-electron chi connectivity index (χ0n) is 21.1. The molecule has 0 radical (unpaired) electrons. The van der Waals surface area contributed by atoms with Crippen molar-refractivity contribution in [3.8, 4) is 6.07 Å². The number of hydrogen-bond acceptors (Lipinski definition) is 8. The lowest BCUT2D eigenvalue weighted by atomic mass is 9.85. The summed E-state index contributed by atoms with van der Waals surface area (Å²) >= 11 is -1.33. The van der Waals surface area contributed by atoms with E-state index in [0.29, 0.717) is 16.1 Å². The number of amides is 1. The number of fused-ring (bicyclic) bond motifs is 1. The van der Waals surface area contributed by atoms with E-state index in [2.05, 4.69) is 26.2 Å². The number of carbonyl (C=O) groups excluding carboxylic acids is 1. The molecule has 39 heavy (non-hydrogen) atoms. The van der Waals surface area contributed by atoms with Crippen LogP contribution >= 0.6 is 0 Å². The number of aromatic nitrogens is 3. The standard InChI is InChI=1S/C24H26F3N7O4S/c1-32(2)39(37)17-5-3-16(4-6-17)30-20-19-18(7-12-29-21(19)35)34(31-20)23(8-11-28)9-13-33(14-10-23)22(36)38-15-24(25,26)27/h3-7,12H,8-10,13-15H2,1-2H3,(H,29,35)(H,30,31). The Hall–Kier alpha value is -3.74. The van der Waals surface area contributed by atoms with Crippen molar-refractivity contribution in [2.45, 2.75) is 35.9 Å². The monoisotopic (exact) mass is 565 g/mol. The number of anilines is 2. The van der Waals surface area contributed by atoms with Crippen LogP contribution in [-0.4, -0.2) is 74.6 Å². The maximum Gasteiger partial charge on any atom is 0.422 e. The van der Waals surface area contributed by atoms with Crippen LogP contribution < -0.4 is 10.9 Å². The molecule has 0 aliphatic carbocycles. The van der Waals surface area contributed by atoms with Crippen LogP contribution in [0.2, 0.25) is 0 Å². The number of rotatable bonds is 7. The second-order valence-electron chi connectivity index (χ2n) is 9.25. The molecule has 0 bridgehead atoms. The molecule has 4 rings (SSSR count). The number of likely N-dealkylation sites (tertiary alicyclic amines) is 1. The smallest absolute Gasteiger partial charge is 0.422 e.